The maximum atomic E-state index is 12.5. The molecule has 0 unspecified atom stereocenters. The Balaban J connectivity index is 1.96. The van der Waals surface area contributed by atoms with Gasteiger partial charge in [0.15, 0.2) is 0 Å². The number of anilines is 2. The number of nitrogens with one attached hydrogen (secondary N) is 2. The van der Waals surface area contributed by atoms with Crippen molar-refractivity contribution >= 4 is 23.0 Å². The summed E-state index contributed by atoms with van der Waals surface area (Å²) < 4.78 is 0. The summed E-state index contributed by atoms with van der Waals surface area (Å²) in [6.45, 7) is 11.0. The number of hydrogen-bond acceptors (Lipinski definition) is 3. The van der Waals surface area contributed by atoms with Gasteiger partial charge in [0, 0.05) is 18.4 Å². The molecule has 138 valence electrons. The highest BCUT2D eigenvalue weighted by Gasteiger charge is 2.09. The van der Waals surface area contributed by atoms with Crippen molar-refractivity contribution in [3.05, 3.63) is 59.8 Å². The van der Waals surface area contributed by atoms with Gasteiger partial charge in [0.1, 0.15) is 5.82 Å². The Labute approximate surface area is 156 Å². The van der Waals surface area contributed by atoms with Crippen LogP contribution in [0.3, 0.4) is 0 Å². The second-order valence-corrected chi connectivity index (χ2v) is 6.68. The van der Waals surface area contributed by atoms with Gasteiger partial charge in [-0.3, -0.25) is 4.79 Å². The number of pyridine rings is 1. The van der Waals surface area contributed by atoms with E-state index in [1.807, 2.05) is 38.1 Å². The van der Waals surface area contributed by atoms with Gasteiger partial charge >= 0.3 is 0 Å². The number of rotatable bonds is 9. The van der Waals surface area contributed by atoms with Crippen LogP contribution in [-0.2, 0) is 0 Å². The number of benzene rings is 1. The van der Waals surface area contributed by atoms with Crippen LogP contribution < -0.4 is 10.6 Å². The van der Waals surface area contributed by atoms with Crippen LogP contribution in [0.4, 0.5) is 11.5 Å². The Morgan fingerprint density at radius 1 is 1.12 bits per heavy atom. The van der Waals surface area contributed by atoms with Crippen molar-refractivity contribution in [2.45, 2.75) is 46.5 Å². The Hall–Kier alpha value is -2.62. The lowest BCUT2D eigenvalue weighted by Crippen LogP contribution is -2.13. The third kappa shape index (κ3) is 5.73. The molecule has 0 aliphatic heterocycles. The van der Waals surface area contributed by atoms with Crippen molar-refractivity contribution in [2.24, 2.45) is 0 Å². The van der Waals surface area contributed by atoms with Gasteiger partial charge in [0.05, 0.1) is 5.56 Å². The molecule has 2 aromatic rings. The zero-order valence-corrected chi connectivity index (χ0v) is 16.1. The average Bonchev–Trinajstić information content (AvgIpc) is 2.63. The fraction of sp³-hybridized carbons (Fsp3) is 0.364. The summed E-state index contributed by atoms with van der Waals surface area (Å²) in [7, 11) is 0. The molecule has 0 saturated heterocycles. The van der Waals surface area contributed by atoms with Crippen LogP contribution in [0.5, 0.6) is 0 Å². The molecule has 0 bridgehead atoms. The van der Waals surface area contributed by atoms with Crippen LogP contribution in [0.15, 0.2) is 43.1 Å². The first-order chi connectivity index (χ1) is 12.5. The first-order valence-electron chi connectivity index (χ1n) is 9.29. The molecule has 1 aromatic heterocycles. The molecule has 1 heterocycles. The van der Waals surface area contributed by atoms with E-state index < -0.39 is 0 Å². The van der Waals surface area contributed by atoms with Gasteiger partial charge in [-0.25, -0.2) is 4.98 Å². The second kappa shape index (κ2) is 9.76. The third-order valence-electron chi connectivity index (χ3n) is 4.34. The minimum absolute atomic E-state index is 0.158. The number of aromatic nitrogens is 1. The van der Waals surface area contributed by atoms with Crippen LogP contribution in [-0.4, -0.2) is 17.4 Å². The fourth-order valence-electron chi connectivity index (χ4n) is 2.62. The van der Waals surface area contributed by atoms with E-state index in [9.17, 15) is 4.79 Å². The van der Waals surface area contributed by atoms with Crippen LogP contribution >= 0.6 is 0 Å². The number of carbonyl (C=O) groups is 1. The summed E-state index contributed by atoms with van der Waals surface area (Å²) in [5.41, 5.74) is 4.35. The van der Waals surface area contributed by atoms with Gasteiger partial charge < -0.3 is 10.6 Å². The van der Waals surface area contributed by atoms with E-state index in [4.69, 9.17) is 0 Å². The van der Waals surface area contributed by atoms with Crippen molar-refractivity contribution in [2.75, 3.05) is 17.2 Å². The highest BCUT2D eigenvalue weighted by Crippen LogP contribution is 2.22. The summed E-state index contributed by atoms with van der Waals surface area (Å²) in [6.07, 6.45) is 6.47. The van der Waals surface area contributed by atoms with Crippen molar-refractivity contribution in [1.29, 1.82) is 0 Å². The summed E-state index contributed by atoms with van der Waals surface area (Å²) >= 11 is 0. The van der Waals surface area contributed by atoms with Gasteiger partial charge in [0.25, 0.3) is 5.91 Å². The minimum Gasteiger partial charge on any atom is -0.370 e. The number of unbranched alkanes of at least 4 members (excludes halogenated alkanes) is 3. The van der Waals surface area contributed by atoms with Gasteiger partial charge in [-0.15, -0.1) is 0 Å². The van der Waals surface area contributed by atoms with E-state index in [0.29, 0.717) is 5.56 Å². The Morgan fingerprint density at radius 3 is 2.54 bits per heavy atom. The quantitative estimate of drug-likeness (QED) is 0.572. The zero-order valence-electron chi connectivity index (χ0n) is 16.1. The number of hydrogen-bond donors (Lipinski definition) is 2. The highest BCUT2D eigenvalue weighted by atomic mass is 16.1. The molecule has 0 saturated carbocycles. The summed E-state index contributed by atoms with van der Waals surface area (Å²) in [4.78, 5) is 16.8. The Morgan fingerprint density at radius 2 is 1.88 bits per heavy atom. The van der Waals surface area contributed by atoms with Gasteiger partial charge in [-0.1, -0.05) is 50.5 Å². The summed E-state index contributed by atoms with van der Waals surface area (Å²) in [6, 6.07) is 9.61. The van der Waals surface area contributed by atoms with Crippen LogP contribution in [0, 0.1) is 6.92 Å². The first kappa shape index (κ1) is 19.7. The molecule has 0 aliphatic carbocycles. The molecule has 26 heavy (non-hydrogen) atoms. The Kier molecular flexibility index (Phi) is 7.39. The molecule has 0 fully saturated rings. The lowest BCUT2D eigenvalue weighted by atomic mass is 10.0. The number of carbonyl (C=O) groups excluding carboxylic acids is 1. The first-order valence-corrected chi connectivity index (χ1v) is 9.29. The molecule has 0 spiro atoms. The molecular weight excluding hydrogens is 322 g/mol. The van der Waals surface area contributed by atoms with E-state index in [-0.39, 0.29) is 5.91 Å². The molecule has 0 radical (unpaired) electrons. The van der Waals surface area contributed by atoms with Crippen LogP contribution in [0.25, 0.3) is 5.57 Å². The number of nitrogens with zero attached hydrogens (tertiary/aromatic N) is 1. The van der Waals surface area contributed by atoms with E-state index in [1.165, 1.54) is 19.3 Å². The smallest absolute Gasteiger partial charge is 0.257 e. The van der Waals surface area contributed by atoms with Gasteiger partial charge in [-0.05, 0) is 49.6 Å². The number of allylic oxidation sites excluding steroid dienone is 1. The second-order valence-electron chi connectivity index (χ2n) is 6.68. The van der Waals surface area contributed by atoms with Crippen LogP contribution in [0.1, 0.15) is 61.0 Å². The predicted octanol–water partition coefficient (Wildman–Crippen LogP) is 5.67. The molecular formula is C22H29N3O. The van der Waals surface area contributed by atoms with Gasteiger partial charge in [0.2, 0.25) is 0 Å². The monoisotopic (exact) mass is 351 g/mol. The van der Waals surface area contributed by atoms with Crippen molar-refractivity contribution in [1.82, 2.24) is 4.98 Å². The SMILES string of the molecule is C=C(C)c1ccc(C)c(NC(=O)c2ccc(NCCCCCC)nc2)c1. The lowest BCUT2D eigenvalue weighted by Gasteiger charge is -2.11. The molecule has 1 amide bonds. The molecule has 4 nitrogen and oxygen atoms in total. The number of aryl methyl sites for hydroxylation is 1. The molecule has 1 aromatic carbocycles. The largest absolute Gasteiger partial charge is 0.370 e. The molecule has 2 rings (SSSR count). The zero-order chi connectivity index (χ0) is 18.9. The molecule has 0 aliphatic rings. The molecule has 2 N–H and O–H groups in total. The average molecular weight is 351 g/mol. The van der Waals surface area contributed by atoms with Crippen molar-refractivity contribution in [3.63, 3.8) is 0 Å². The van der Waals surface area contributed by atoms with E-state index in [2.05, 4.69) is 29.1 Å². The normalized spacial score (nSPS) is 10.4. The third-order valence-corrected chi connectivity index (χ3v) is 4.34. The van der Waals surface area contributed by atoms with E-state index in [1.54, 1.807) is 12.3 Å². The van der Waals surface area contributed by atoms with Crippen LogP contribution in [0.2, 0.25) is 0 Å². The Bertz CT molecular complexity index is 750. The number of amides is 1. The van der Waals surface area contributed by atoms with Crippen molar-refractivity contribution in [3.8, 4) is 0 Å². The standard InChI is InChI=1S/C22H29N3O/c1-5-6-7-8-13-23-21-12-11-19(15-24-21)22(26)25-20-14-18(16(2)3)10-9-17(20)4/h9-12,14-15H,2,5-8,13H2,1,3-4H3,(H,23,24)(H,25,26). The maximum Gasteiger partial charge on any atom is 0.257 e. The maximum absolute atomic E-state index is 12.5. The lowest BCUT2D eigenvalue weighted by molar-refractivity contribution is 0.102. The van der Waals surface area contributed by atoms with Gasteiger partial charge in [-0.2, -0.15) is 0 Å². The predicted molar refractivity (Wildman–Crippen MR) is 111 cm³/mol. The fourth-order valence-corrected chi connectivity index (χ4v) is 2.62. The van der Waals surface area contributed by atoms with E-state index in [0.717, 1.165) is 41.2 Å². The minimum atomic E-state index is -0.158. The molecule has 4 heteroatoms. The highest BCUT2D eigenvalue weighted by molar-refractivity contribution is 6.04. The topological polar surface area (TPSA) is 54.0 Å². The summed E-state index contributed by atoms with van der Waals surface area (Å²) in [5.74, 6) is 0.646. The van der Waals surface area contributed by atoms with E-state index >= 15 is 0 Å². The van der Waals surface area contributed by atoms with Crippen molar-refractivity contribution < 1.29 is 4.79 Å². The molecule has 0 atom stereocenters. The summed E-state index contributed by atoms with van der Waals surface area (Å²) in [5, 5.41) is 6.26.